The monoisotopic (exact) mass is 208 g/mol. The summed E-state index contributed by atoms with van der Waals surface area (Å²) < 4.78 is 1.42. The lowest BCUT2D eigenvalue weighted by molar-refractivity contribution is -0.386. The van der Waals surface area contributed by atoms with Crippen molar-refractivity contribution < 1.29 is 4.92 Å². The molecule has 0 aliphatic rings. The molecule has 0 saturated carbocycles. The van der Waals surface area contributed by atoms with Gasteiger partial charge in [-0.1, -0.05) is 13.3 Å². The van der Waals surface area contributed by atoms with E-state index in [2.05, 4.69) is 5.10 Å². The predicted octanol–water partition coefficient (Wildman–Crippen LogP) is 1.35. The number of nitro groups is 1. The molecule has 0 spiro atoms. The molecule has 1 aromatic rings. The van der Waals surface area contributed by atoms with E-state index in [9.17, 15) is 10.1 Å². The summed E-state index contributed by atoms with van der Waals surface area (Å²) in [6, 6.07) is 1.91. The highest BCUT2D eigenvalue weighted by Gasteiger charge is 2.25. The normalized spacial score (nSPS) is 9.93. The maximum absolute atomic E-state index is 10.8. The first kappa shape index (κ1) is 11.2. The molecule has 1 heterocycles. The maximum Gasteiger partial charge on any atom is 0.314 e. The molecule has 0 aliphatic carbocycles. The fourth-order valence-electron chi connectivity index (χ4n) is 1.50. The number of nitrogens with zero attached hydrogens (tertiary/aromatic N) is 4. The minimum Gasteiger partial charge on any atom is -0.264 e. The average molecular weight is 208 g/mol. The summed E-state index contributed by atoms with van der Waals surface area (Å²) in [5, 5.41) is 23.5. The number of rotatable bonds is 4. The highest BCUT2D eigenvalue weighted by molar-refractivity contribution is 5.42. The molecule has 0 amide bonds. The minimum atomic E-state index is -0.454. The Bertz CT molecular complexity index is 416. The van der Waals surface area contributed by atoms with Crippen molar-refractivity contribution in [3.05, 3.63) is 21.5 Å². The fraction of sp³-hybridized carbons (Fsp3) is 0.556. The molecule has 0 aromatic carbocycles. The molecule has 1 aromatic heterocycles. The van der Waals surface area contributed by atoms with Gasteiger partial charge in [0, 0.05) is 7.05 Å². The van der Waals surface area contributed by atoms with Crippen LogP contribution in [-0.2, 0) is 19.9 Å². The van der Waals surface area contributed by atoms with Gasteiger partial charge in [-0.25, -0.2) is 0 Å². The average Bonchev–Trinajstić information content (AvgIpc) is 2.44. The highest BCUT2D eigenvalue weighted by Crippen LogP contribution is 2.24. The highest BCUT2D eigenvalue weighted by atomic mass is 16.6. The zero-order chi connectivity index (χ0) is 11.4. The van der Waals surface area contributed by atoms with E-state index in [1.54, 1.807) is 7.05 Å². The van der Waals surface area contributed by atoms with Crippen LogP contribution in [0.5, 0.6) is 0 Å². The van der Waals surface area contributed by atoms with Crippen molar-refractivity contribution in [3.8, 4) is 6.07 Å². The van der Waals surface area contributed by atoms with Crippen LogP contribution in [0.2, 0.25) is 0 Å². The fourth-order valence-corrected chi connectivity index (χ4v) is 1.50. The number of aryl methyl sites for hydroxylation is 2. The Balaban J connectivity index is 3.25. The Morgan fingerprint density at radius 2 is 2.33 bits per heavy atom. The van der Waals surface area contributed by atoms with Gasteiger partial charge in [-0.05, 0) is 6.42 Å². The molecule has 6 nitrogen and oxygen atoms in total. The molecule has 0 bridgehead atoms. The maximum atomic E-state index is 10.8. The Hall–Kier alpha value is -1.90. The summed E-state index contributed by atoms with van der Waals surface area (Å²) in [6.07, 6.45) is 1.38. The number of nitriles is 1. The third-order valence-electron chi connectivity index (χ3n) is 2.12. The second-order valence-corrected chi connectivity index (χ2v) is 3.21. The van der Waals surface area contributed by atoms with Gasteiger partial charge in [0.2, 0.25) is 0 Å². The largest absolute Gasteiger partial charge is 0.314 e. The number of hydrogen-bond donors (Lipinski definition) is 0. The quantitative estimate of drug-likeness (QED) is 0.552. The van der Waals surface area contributed by atoms with Gasteiger partial charge >= 0.3 is 5.69 Å². The van der Waals surface area contributed by atoms with Gasteiger partial charge in [-0.2, -0.15) is 10.4 Å². The Kier molecular flexibility index (Phi) is 3.39. The molecular formula is C9H12N4O2. The molecule has 0 aliphatic heterocycles. The van der Waals surface area contributed by atoms with Crippen molar-refractivity contribution in [3.63, 3.8) is 0 Å². The first-order valence-electron chi connectivity index (χ1n) is 4.67. The van der Waals surface area contributed by atoms with E-state index in [4.69, 9.17) is 5.26 Å². The molecule has 0 unspecified atom stereocenters. The molecule has 15 heavy (non-hydrogen) atoms. The van der Waals surface area contributed by atoms with Crippen LogP contribution in [0.15, 0.2) is 0 Å². The van der Waals surface area contributed by atoms with E-state index in [1.165, 1.54) is 4.68 Å². The molecule has 0 radical (unpaired) electrons. The van der Waals surface area contributed by atoms with E-state index in [0.717, 1.165) is 6.42 Å². The molecule has 0 atom stereocenters. The van der Waals surface area contributed by atoms with E-state index in [1.807, 2.05) is 13.0 Å². The summed E-state index contributed by atoms with van der Waals surface area (Å²) >= 11 is 0. The molecule has 80 valence electrons. The van der Waals surface area contributed by atoms with Gasteiger partial charge in [0.1, 0.15) is 11.4 Å². The zero-order valence-electron chi connectivity index (χ0n) is 8.73. The van der Waals surface area contributed by atoms with Crippen LogP contribution in [0, 0.1) is 21.4 Å². The van der Waals surface area contributed by atoms with Crippen LogP contribution in [0.25, 0.3) is 0 Å². The molecule has 0 fully saturated rings. The second kappa shape index (κ2) is 4.55. The van der Waals surface area contributed by atoms with E-state index < -0.39 is 4.92 Å². The molecular weight excluding hydrogens is 196 g/mol. The molecule has 1 rings (SSSR count). The SMILES string of the molecule is CCCc1nn(C)c(CC#N)c1[N+](=O)[O-]. The Morgan fingerprint density at radius 1 is 1.67 bits per heavy atom. The summed E-state index contributed by atoms with van der Waals surface area (Å²) in [5.41, 5.74) is 0.849. The van der Waals surface area contributed by atoms with Crippen molar-refractivity contribution in [1.82, 2.24) is 9.78 Å². The Morgan fingerprint density at radius 3 is 2.80 bits per heavy atom. The summed E-state index contributed by atoms with van der Waals surface area (Å²) in [5.74, 6) is 0. The topological polar surface area (TPSA) is 84.8 Å². The van der Waals surface area contributed by atoms with E-state index >= 15 is 0 Å². The molecule has 0 N–H and O–H groups in total. The third-order valence-corrected chi connectivity index (χ3v) is 2.12. The first-order chi connectivity index (χ1) is 7.11. The zero-order valence-corrected chi connectivity index (χ0v) is 8.73. The predicted molar refractivity (Wildman–Crippen MR) is 53.2 cm³/mol. The van der Waals surface area contributed by atoms with Crippen LogP contribution < -0.4 is 0 Å². The standard InChI is InChI=1S/C9H12N4O2/c1-3-4-7-9(13(14)15)8(5-6-10)12(2)11-7/h3-5H2,1-2H3. The third kappa shape index (κ3) is 2.13. The number of aromatic nitrogens is 2. The first-order valence-corrected chi connectivity index (χ1v) is 4.67. The lowest BCUT2D eigenvalue weighted by Crippen LogP contribution is -1.99. The van der Waals surface area contributed by atoms with Crippen LogP contribution in [0.4, 0.5) is 5.69 Å². The van der Waals surface area contributed by atoms with Gasteiger partial charge in [0.05, 0.1) is 17.4 Å². The van der Waals surface area contributed by atoms with Gasteiger partial charge in [-0.3, -0.25) is 14.8 Å². The van der Waals surface area contributed by atoms with Crippen molar-refractivity contribution >= 4 is 5.69 Å². The second-order valence-electron chi connectivity index (χ2n) is 3.21. The van der Waals surface area contributed by atoms with E-state index in [0.29, 0.717) is 17.8 Å². The summed E-state index contributed by atoms with van der Waals surface area (Å²) in [7, 11) is 1.62. The van der Waals surface area contributed by atoms with Crippen LogP contribution in [0.3, 0.4) is 0 Å². The lowest BCUT2D eigenvalue weighted by atomic mass is 10.2. The van der Waals surface area contributed by atoms with Gasteiger partial charge in [0.25, 0.3) is 0 Å². The van der Waals surface area contributed by atoms with Crippen LogP contribution in [-0.4, -0.2) is 14.7 Å². The van der Waals surface area contributed by atoms with Gasteiger partial charge in [-0.15, -0.1) is 0 Å². The molecule has 6 heteroatoms. The minimum absolute atomic E-state index is 0.000833. The molecule has 0 saturated heterocycles. The lowest BCUT2D eigenvalue weighted by Gasteiger charge is -1.94. The van der Waals surface area contributed by atoms with Crippen molar-refractivity contribution in [2.24, 2.45) is 7.05 Å². The van der Waals surface area contributed by atoms with Crippen LogP contribution >= 0.6 is 0 Å². The van der Waals surface area contributed by atoms with E-state index in [-0.39, 0.29) is 12.1 Å². The summed E-state index contributed by atoms with van der Waals surface area (Å²) in [6.45, 7) is 1.93. The van der Waals surface area contributed by atoms with Gasteiger partial charge in [0.15, 0.2) is 0 Å². The van der Waals surface area contributed by atoms with Crippen molar-refractivity contribution in [2.45, 2.75) is 26.2 Å². The smallest absolute Gasteiger partial charge is 0.264 e. The number of hydrogen-bond acceptors (Lipinski definition) is 4. The Labute approximate surface area is 87.3 Å². The van der Waals surface area contributed by atoms with Crippen molar-refractivity contribution in [1.29, 1.82) is 5.26 Å². The van der Waals surface area contributed by atoms with Crippen molar-refractivity contribution in [2.75, 3.05) is 0 Å². The van der Waals surface area contributed by atoms with Crippen LogP contribution in [0.1, 0.15) is 24.7 Å². The summed E-state index contributed by atoms with van der Waals surface area (Å²) in [4.78, 5) is 10.4. The van der Waals surface area contributed by atoms with Gasteiger partial charge < -0.3 is 0 Å².